The first kappa shape index (κ1) is 13.9. The van der Waals surface area contributed by atoms with Crippen molar-refractivity contribution >= 4 is 0 Å². The summed E-state index contributed by atoms with van der Waals surface area (Å²) in [7, 11) is 0. The zero-order valence-corrected chi connectivity index (χ0v) is 13.6. The highest BCUT2D eigenvalue weighted by Gasteiger charge is 2.39. The molecule has 0 radical (unpaired) electrons. The van der Waals surface area contributed by atoms with E-state index in [0.717, 1.165) is 13.1 Å². The molecule has 6 nitrogen and oxygen atoms in total. The number of fused-ring (bicyclic) bond motifs is 2. The Morgan fingerprint density at radius 2 is 1.82 bits per heavy atom. The van der Waals surface area contributed by atoms with Crippen LogP contribution in [0.15, 0.2) is 12.7 Å². The van der Waals surface area contributed by atoms with E-state index in [-0.39, 0.29) is 0 Å². The maximum Gasteiger partial charge on any atom is 0.136 e. The Balaban J connectivity index is 1.51. The van der Waals surface area contributed by atoms with Crippen LogP contribution in [0.1, 0.15) is 57.1 Å². The normalized spacial score (nSPS) is 28.1. The van der Waals surface area contributed by atoms with Crippen molar-refractivity contribution in [1.29, 1.82) is 0 Å². The molecule has 0 amide bonds. The maximum absolute atomic E-state index is 4.37. The number of hydrogen-bond acceptors (Lipinski definition) is 4. The lowest BCUT2D eigenvalue weighted by Crippen LogP contribution is -2.20. The number of hydrogen-bond donors (Lipinski definition) is 0. The van der Waals surface area contributed by atoms with Gasteiger partial charge in [0.2, 0.25) is 0 Å². The topological polar surface area (TPSA) is 61.4 Å². The van der Waals surface area contributed by atoms with E-state index in [1.165, 1.54) is 24.5 Å². The van der Waals surface area contributed by atoms with Gasteiger partial charge in [0.15, 0.2) is 0 Å². The van der Waals surface area contributed by atoms with Gasteiger partial charge >= 0.3 is 0 Å². The summed E-state index contributed by atoms with van der Waals surface area (Å²) in [5, 5.41) is 16.9. The highest BCUT2D eigenvalue weighted by molar-refractivity contribution is 5.09. The lowest BCUT2D eigenvalue weighted by atomic mass is 9.77. The Labute approximate surface area is 131 Å². The number of nitrogens with zero attached hydrogens (tertiary/aromatic N) is 6. The molecular weight excluding hydrogens is 276 g/mol. The van der Waals surface area contributed by atoms with Gasteiger partial charge in [-0.3, -0.25) is 0 Å². The van der Waals surface area contributed by atoms with Gasteiger partial charge in [-0.1, -0.05) is 20.8 Å². The first-order valence-electron chi connectivity index (χ1n) is 8.40. The molecule has 2 aromatic rings. The Kier molecular flexibility index (Phi) is 3.27. The van der Waals surface area contributed by atoms with Crippen LogP contribution < -0.4 is 0 Å². The predicted molar refractivity (Wildman–Crippen MR) is 82.3 cm³/mol. The molecule has 0 N–H and O–H groups in total. The molecule has 118 valence electrons. The number of aromatic nitrogens is 6. The molecule has 4 rings (SSSR count). The molecule has 0 bridgehead atoms. The molecule has 0 spiro atoms. The molecule has 22 heavy (non-hydrogen) atoms. The lowest BCUT2D eigenvalue weighted by molar-refractivity contribution is 0.270. The third-order valence-corrected chi connectivity index (χ3v) is 5.62. The van der Waals surface area contributed by atoms with Gasteiger partial charge in [0.05, 0.1) is 0 Å². The standard InChI is InChI=1S/C16H24N6/c1-10(2)14-12(7-22-9-18-20-16(14)22)6-11(3)13-4-5-21-8-17-19-15(13)21/h8-14H,4-7H2,1-3H3/t11?,12?,13?,14-/m0/s1. The Bertz CT molecular complexity index is 657. The molecule has 2 aliphatic rings. The van der Waals surface area contributed by atoms with Crippen molar-refractivity contribution in [3.05, 3.63) is 24.3 Å². The highest BCUT2D eigenvalue weighted by Crippen LogP contribution is 2.44. The molecule has 0 aliphatic carbocycles. The van der Waals surface area contributed by atoms with Crippen molar-refractivity contribution in [2.24, 2.45) is 17.8 Å². The van der Waals surface area contributed by atoms with Crippen molar-refractivity contribution in [1.82, 2.24) is 29.5 Å². The van der Waals surface area contributed by atoms with Crippen molar-refractivity contribution in [3.8, 4) is 0 Å². The summed E-state index contributed by atoms with van der Waals surface area (Å²) in [5.74, 6) is 5.36. The van der Waals surface area contributed by atoms with E-state index in [9.17, 15) is 0 Å². The van der Waals surface area contributed by atoms with Gasteiger partial charge in [-0.15, -0.1) is 20.4 Å². The number of rotatable bonds is 4. The van der Waals surface area contributed by atoms with Crippen LogP contribution in [0.5, 0.6) is 0 Å². The smallest absolute Gasteiger partial charge is 0.136 e. The zero-order chi connectivity index (χ0) is 15.3. The van der Waals surface area contributed by atoms with E-state index in [2.05, 4.69) is 50.3 Å². The van der Waals surface area contributed by atoms with E-state index >= 15 is 0 Å². The summed E-state index contributed by atoms with van der Waals surface area (Å²) < 4.78 is 4.46. The van der Waals surface area contributed by atoms with Crippen molar-refractivity contribution < 1.29 is 0 Å². The molecule has 3 unspecified atom stereocenters. The van der Waals surface area contributed by atoms with Crippen LogP contribution in [-0.4, -0.2) is 29.5 Å². The second-order valence-corrected chi connectivity index (χ2v) is 7.36. The van der Waals surface area contributed by atoms with Gasteiger partial charge in [0, 0.05) is 24.9 Å². The minimum atomic E-state index is 0.532. The third-order valence-electron chi connectivity index (χ3n) is 5.62. The first-order chi connectivity index (χ1) is 10.6. The summed E-state index contributed by atoms with van der Waals surface area (Å²) >= 11 is 0. The maximum atomic E-state index is 4.37. The van der Waals surface area contributed by atoms with Crippen LogP contribution in [0.2, 0.25) is 0 Å². The summed E-state index contributed by atoms with van der Waals surface area (Å²) in [6, 6.07) is 0. The quantitative estimate of drug-likeness (QED) is 0.870. The lowest BCUT2D eigenvalue weighted by Gasteiger charge is -2.26. The van der Waals surface area contributed by atoms with Gasteiger partial charge in [-0.25, -0.2) is 0 Å². The molecule has 6 heteroatoms. The predicted octanol–water partition coefficient (Wildman–Crippen LogP) is 2.45. The fraction of sp³-hybridized carbons (Fsp3) is 0.750. The molecule has 2 aliphatic heterocycles. The van der Waals surface area contributed by atoms with Gasteiger partial charge in [0.25, 0.3) is 0 Å². The molecular formula is C16H24N6. The van der Waals surface area contributed by atoms with E-state index in [1.807, 2.05) is 12.7 Å². The second-order valence-electron chi connectivity index (χ2n) is 7.36. The highest BCUT2D eigenvalue weighted by atomic mass is 15.3. The summed E-state index contributed by atoms with van der Waals surface area (Å²) in [4.78, 5) is 0. The van der Waals surface area contributed by atoms with Crippen LogP contribution in [0.4, 0.5) is 0 Å². The van der Waals surface area contributed by atoms with Crippen LogP contribution in [0, 0.1) is 17.8 Å². The first-order valence-corrected chi connectivity index (χ1v) is 8.40. The van der Waals surface area contributed by atoms with Crippen molar-refractivity contribution in [2.75, 3.05) is 0 Å². The molecule has 0 saturated carbocycles. The average molecular weight is 300 g/mol. The Hall–Kier alpha value is -1.72. The van der Waals surface area contributed by atoms with Crippen LogP contribution in [-0.2, 0) is 13.1 Å². The minimum absolute atomic E-state index is 0.532. The zero-order valence-electron chi connectivity index (χ0n) is 13.6. The average Bonchev–Trinajstić information content (AvgIpc) is 3.16. The van der Waals surface area contributed by atoms with Crippen LogP contribution in [0.25, 0.3) is 0 Å². The molecule has 0 aromatic carbocycles. The summed E-state index contributed by atoms with van der Waals surface area (Å²) in [6.07, 6.45) is 6.19. The molecule has 2 aromatic heterocycles. The van der Waals surface area contributed by atoms with Gasteiger partial charge in [0.1, 0.15) is 24.3 Å². The van der Waals surface area contributed by atoms with Crippen LogP contribution >= 0.6 is 0 Å². The van der Waals surface area contributed by atoms with Gasteiger partial charge < -0.3 is 9.13 Å². The monoisotopic (exact) mass is 300 g/mol. The van der Waals surface area contributed by atoms with Crippen LogP contribution in [0.3, 0.4) is 0 Å². The Morgan fingerprint density at radius 3 is 2.59 bits per heavy atom. The fourth-order valence-electron chi connectivity index (χ4n) is 4.61. The minimum Gasteiger partial charge on any atom is -0.317 e. The molecule has 4 heterocycles. The van der Waals surface area contributed by atoms with E-state index in [4.69, 9.17) is 0 Å². The van der Waals surface area contributed by atoms with E-state index in [1.54, 1.807) is 0 Å². The SMILES string of the molecule is CC(CC1Cn2cnnc2[C@H]1C(C)C)C1CCn2cnnc21. The summed E-state index contributed by atoms with van der Waals surface area (Å²) in [6.45, 7) is 9.12. The fourth-order valence-corrected chi connectivity index (χ4v) is 4.61. The van der Waals surface area contributed by atoms with Crippen molar-refractivity contribution in [2.45, 2.75) is 58.5 Å². The largest absolute Gasteiger partial charge is 0.317 e. The van der Waals surface area contributed by atoms with Gasteiger partial charge in [-0.05, 0) is 30.6 Å². The summed E-state index contributed by atoms with van der Waals surface area (Å²) in [5.41, 5.74) is 0. The molecule has 0 saturated heterocycles. The van der Waals surface area contributed by atoms with E-state index in [0.29, 0.717) is 29.6 Å². The number of aryl methyl sites for hydroxylation is 1. The van der Waals surface area contributed by atoms with E-state index < -0.39 is 0 Å². The van der Waals surface area contributed by atoms with Gasteiger partial charge in [-0.2, -0.15) is 0 Å². The molecule has 4 atom stereocenters. The molecule has 0 fully saturated rings. The van der Waals surface area contributed by atoms with Crippen molar-refractivity contribution in [3.63, 3.8) is 0 Å². The third kappa shape index (κ3) is 2.08. The second kappa shape index (κ2) is 5.18. The Morgan fingerprint density at radius 1 is 1.09 bits per heavy atom.